The lowest BCUT2D eigenvalue weighted by Gasteiger charge is -2.22. The highest BCUT2D eigenvalue weighted by atomic mass is 16.5. The van der Waals surface area contributed by atoms with E-state index in [9.17, 15) is 9.59 Å². The van der Waals surface area contributed by atoms with Gasteiger partial charge in [0, 0.05) is 5.92 Å². The molecule has 0 aromatic heterocycles. The van der Waals surface area contributed by atoms with E-state index >= 15 is 0 Å². The summed E-state index contributed by atoms with van der Waals surface area (Å²) in [6.45, 7) is 11.1. The zero-order chi connectivity index (χ0) is 12.5. The smallest absolute Gasteiger partial charge is 0.319 e. The van der Waals surface area contributed by atoms with Crippen LogP contribution in [-0.4, -0.2) is 18.9 Å². The van der Waals surface area contributed by atoms with E-state index in [1.807, 2.05) is 6.92 Å². The molecule has 2 unspecified atom stereocenters. The van der Waals surface area contributed by atoms with E-state index in [2.05, 4.69) is 13.2 Å². The van der Waals surface area contributed by atoms with Crippen molar-refractivity contribution in [1.29, 1.82) is 0 Å². The Morgan fingerprint density at radius 1 is 1.44 bits per heavy atom. The molecule has 0 bridgehead atoms. The summed E-state index contributed by atoms with van der Waals surface area (Å²) in [6, 6.07) is 0. The van der Waals surface area contributed by atoms with Gasteiger partial charge in [0.1, 0.15) is 11.2 Å². The van der Waals surface area contributed by atoms with E-state index < -0.39 is 11.4 Å². The molecule has 0 aromatic carbocycles. The highest BCUT2D eigenvalue weighted by molar-refractivity contribution is 6.03. The van der Waals surface area contributed by atoms with Crippen molar-refractivity contribution in [3.63, 3.8) is 0 Å². The molecule has 88 valence electrons. The second kappa shape index (κ2) is 4.24. The summed E-state index contributed by atoms with van der Waals surface area (Å²) in [6.07, 6.45) is 0.829. The SMILES string of the molecule is C=C(C)C1CC(C(C)=O)(C(=O)OC)CC1=C. The Balaban J connectivity index is 3.10. The normalized spacial score (nSPS) is 28.9. The lowest BCUT2D eigenvalue weighted by Crippen LogP contribution is -2.36. The number of ether oxygens (including phenoxy) is 1. The van der Waals surface area contributed by atoms with Gasteiger partial charge in [-0.1, -0.05) is 24.3 Å². The molecular weight excluding hydrogens is 204 g/mol. The molecule has 1 aliphatic carbocycles. The zero-order valence-electron chi connectivity index (χ0n) is 10.1. The number of carbonyl (C=O) groups excluding carboxylic acids is 2. The predicted molar refractivity (Wildman–Crippen MR) is 61.8 cm³/mol. The van der Waals surface area contributed by atoms with Gasteiger partial charge in [0.2, 0.25) is 0 Å². The second-order valence-electron chi connectivity index (χ2n) is 4.57. The molecule has 0 spiro atoms. The third kappa shape index (κ3) is 1.82. The Kier molecular flexibility index (Phi) is 3.36. The molecule has 0 N–H and O–H groups in total. The molecule has 2 atom stereocenters. The van der Waals surface area contributed by atoms with Crippen molar-refractivity contribution in [3.8, 4) is 0 Å². The molecule has 3 nitrogen and oxygen atoms in total. The van der Waals surface area contributed by atoms with Crippen LogP contribution in [0.3, 0.4) is 0 Å². The van der Waals surface area contributed by atoms with Crippen molar-refractivity contribution >= 4 is 11.8 Å². The molecule has 0 aromatic rings. The number of ketones is 1. The van der Waals surface area contributed by atoms with Crippen LogP contribution in [0.25, 0.3) is 0 Å². The second-order valence-corrected chi connectivity index (χ2v) is 4.57. The lowest BCUT2D eigenvalue weighted by molar-refractivity contribution is -0.157. The Morgan fingerprint density at radius 2 is 2.00 bits per heavy atom. The molecule has 0 radical (unpaired) electrons. The van der Waals surface area contributed by atoms with Gasteiger partial charge < -0.3 is 4.74 Å². The Bertz CT molecular complexity index is 367. The summed E-state index contributed by atoms with van der Waals surface area (Å²) in [7, 11) is 1.31. The van der Waals surface area contributed by atoms with Gasteiger partial charge in [-0.05, 0) is 26.7 Å². The molecule has 1 rings (SSSR count). The molecule has 16 heavy (non-hydrogen) atoms. The fourth-order valence-corrected chi connectivity index (χ4v) is 2.36. The fourth-order valence-electron chi connectivity index (χ4n) is 2.36. The molecular formula is C13H18O3. The van der Waals surface area contributed by atoms with Crippen LogP contribution in [0.4, 0.5) is 0 Å². The fraction of sp³-hybridized carbons (Fsp3) is 0.538. The number of hydrogen-bond donors (Lipinski definition) is 0. The summed E-state index contributed by atoms with van der Waals surface area (Å²) in [4.78, 5) is 23.5. The van der Waals surface area contributed by atoms with Crippen molar-refractivity contribution in [3.05, 3.63) is 24.3 Å². The minimum Gasteiger partial charge on any atom is -0.468 e. The van der Waals surface area contributed by atoms with Crippen molar-refractivity contribution in [1.82, 2.24) is 0 Å². The van der Waals surface area contributed by atoms with Crippen molar-refractivity contribution in [2.24, 2.45) is 11.3 Å². The number of hydrogen-bond acceptors (Lipinski definition) is 3. The van der Waals surface area contributed by atoms with Crippen molar-refractivity contribution in [2.75, 3.05) is 7.11 Å². The maximum Gasteiger partial charge on any atom is 0.319 e. The van der Waals surface area contributed by atoms with E-state index in [4.69, 9.17) is 4.74 Å². The van der Waals surface area contributed by atoms with Gasteiger partial charge in [-0.3, -0.25) is 9.59 Å². The average molecular weight is 222 g/mol. The minimum atomic E-state index is -1.03. The summed E-state index contributed by atoms with van der Waals surface area (Å²) in [5.74, 6) is -0.558. The molecule has 0 heterocycles. The number of esters is 1. The summed E-state index contributed by atoms with van der Waals surface area (Å²) in [5, 5.41) is 0. The number of allylic oxidation sites excluding steroid dienone is 2. The van der Waals surface area contributed by atoms with Crippen LogP contribution in [-0.2, 0) is 14.3 Å². The summed E-state index contributed by atoms with van der Waals surface area (Å²) in [5.41, 5.74) is 0.806. The maximum absolute atomic E-state index is 11.8. The van der Waals surface area contributed by atoms with E-state index in [1.165, 1.54) is 14.0 Å². The van der Waals surface area contributed by atoms with Crippen LogP contribution in [0.2, 0.25) is 0 Å². The molecule has 0 amide bonds. The zero-order valence-corrected chi connectivity index (χ0v) is 10.1. The predicted octanol–water partition coefficient (Wildman–Crippen LogP) is 2.28. The molecule has 3 heteroatoms. The van der Waals surface area contributed by atoms with Crippen molar-refractivity contribution in [2.45, 2.75) is 26.7 Å². The van der Waals surface area contributed by atoms with Gasteiger partial charge in [-0.15, -0.1) is 0 Å². The third-order valence-electron chi connectivity index (χ3n) is 3.42. The highest BCUT2D eigenvalue weighted by Gasteiger charge is 2.51. The molecule has 1 aliphatic rings. The summed E-state index contributed by atoms with van der Waals surface area (Å²) >= 11 is 0. The highest BCUT2D eigenvalue weighted by Crippen LogP contribution is 2.48. The van der Waals surface area contributed by atoms with Crippen LogP contribution in [0, 0.1) is 11.3 Å². The Labute approximate surface area is 96.2 Å². The third-order valence-corrected chi connectivity index (χ3v) is 3.42. The average Bonchev–Trinajstić information content (AvgIpc) is 2.56. The van der Waals surface area contributed by atoms with Crippen LogP contribution in [0.15, 0.2) is 24.3 Å². The molecule has 0 aliphatic heterocycles. The summed E-state index contributed by atoms with van der Waals surface area (Å²) < 4.78 is 4.74. The topological polar surface area (TPSA) is 43.4 Å². The van der Waals surface area contributed by atoms with Gasteiger partial charge in [-0.2, -0.15) is 0 Å². The standard InChI is InChI=1S/C13H18O3/c1-8(2)11-7-13(10(4)14,6-9(11)3)12(15)16-5/h11H,1,3,6-7H2,2,4-5H3. The Hall–Kier alpha value is -1.38. The first-order valence-corrected chi connectivity index (χ1v) is 5.27. The van der Waals surface area contributed by atoms with Crippen LogP contribution in [0.5, 0.6) is 0 Å². The van der Waals surface area contributed by atoms with Gasteiger partial charge in [0.15, 0.2) is 0 Å². The van der Waals surface area contributed by atoms with E-state index in [-0.39, 0.29) is 11.7 Å². The number of rotatable bonds is 3. The number of methoxy groups -OCH3 is 1. The van der Waals surface area contributed by atoms with E-state index in [0.29, 0.717) is 12.8 Å². The minimum absolute atomic E-state index is 0.0444. The van der Waals surface area contributed by atoms with Crippen LogP contribution in [0.1, 0.15) is 26.7 Å². The van der Waals surface area contributed by atoms with Gasteiger partial charge >= 0.3 is 5.97 Å². The largest absolute Gasteiger partial charge is 0.468 e. The maximum atomic E-state index is 11.8. The quantitative estimate of drug-likeness (QED) is 0.418. The van der Waals surface area contributed by atoms with Crippen LogP contribution >= 0.6 is 0 Å². The molecule has 1 fully saturated rings. The van der Waals surface area contributed by atoms with E-state index in [0.717, 1.165) is 11.1 Å². The van der Waals surface area contributed by atoms with Crippen molar-refractivity contribution < 1.29 is 14.3 Å². The Morgan fingerprint density at radius 3 is 2.31 bits per heavy atom. The van der Waals surface area contributed by atoms with Gasteiger partial charge in [-0.25, -0.2) is 0 Å². The number of carbonyl (C=O) groups is 2. The van der Waals surface area contributed by atoms with Gasteiger partial charge in [0.05, 0.1) is 7.11 Å². The first-order valence-electron chi connectivity index (χ1n) is 5.27. The molecule has 1 saturated carbocycles. The monoisotopic (exact) mass is 222 g/mol. The molecule has 0 saturated heterocycles. The first-order chi connectivity index (χ1) is 7.35. The lowest BCUT2D eigenvalue weighted by atomic mass is 9.81. The first kappa shape index (κ1) is 12.7. The van der Waals surface area contributed by atoms with Gasteiger partial charge in [0.25, 0.3) is 0 Å². The van der Waals surface area contributed by atoms with Crippen LogP contribution < -0.4 is 0 Å². The number of Topliss-reactive ketones (excluding diaryl/α,β-unsaturated/α-hetero) is 1. The van der Waals surface area contributed by atoms with E-state index in [1.54, 1.807) is 0 Å².